The van der Waals surface area contributed by atoms with E-state index in [1.165, 1.54) is 18.2 Å². The van der Waals surface area contributed by atoms with E-state index in [9.17, 15) is 19.7 Å². The van der Waals surface area contributed by atoms with Gasteiger partial charge in [0, 0.05) is 36.3 Å². The molecule has 1 aliphatic heterocycles. The van der Waals surface area contributed by atoms with Crippen LogP contribution < -0.4 is 10.2 Å². The molecule has 3 rings (SSSR count). The van der Waals surface area contributed by atoms with Crippen LogP contribution in [0.3, 0.4) is 0 Å². The Hall–Kier alpha value is -2.93. The van der Waals surface area contributed by atoms with E-state index in [0.29, 0.717) is 40.5 Å². The van der Waals surface area contributed by atoms with Gasteiger partial charge < -0.3 is 10.2 Å². The first-order valence-electron chi connectivity index (χ1n) is 8.03. The zero-order chi connectivity index (χ0) is 18.8. The SMILES string of the molecule is Cc1cc([N+](=O)[O-])ccc1C(=O)Nc1cc(N2CCCC2=O)ccc1Cl. The lowest BCUT2D eigenvalue weighted by Gasteiger charge is -2.18. The van der Waals surface area contributed by atoms with Crippen molar-refractivity contribution in [2.75, 3.05) is 16.8 Å². The number of nitrogens with one attached hydrogen (secondary N) is 1. The number of rotatable bonds is 4. The van der Waals surface area contributed by atoms with E-state index < -0.39 is 10.8 Å². The van der Waals surface area contributed by atoms with Gasteiger partial charge in [0.1, 0.15) is 0 Å². The minimum absolute atomic E-state index is 0.0378. The number of hydrogen-bond donors (Lipinski definition) is 1. The number of anilines is 2. The molecule has 0 radical (unpaired) electrons. The molecule has 0 atom stereocenters. The molecule has 1 aliphatic rings. The molecule has 7 nitrogen and oxygen atoms in total. The fraction of sp³-hybridized carbons (Fsp3) is 0.222. The Bertz CT molecular complexity index is 913. The first-order chi connectivity index (χ1) is 12.4. The van der Waals surface area contributed by atoms with Crippen LogP contribution in [0.2, 0.25) is 5.02 Å². The molecule has 0 spiro atoms. The van der Waals surface area contributed by atoms with Gasteiger partial charge >= 0.3 is 0 Å². The lowest BCUT2D eigenvalue weighted by Crippen LogP contribution is -2.24. The molecular weight excluding hydrogens is 358 g/mol. The molecule has 134 valence electrons. The van der Waals surface area contributed by atoms with Crippen molar-refractivity contribution < 1.29 is 14.5 Å². The van der Waals surface area contributed by atoms with Crippen molar-refractivity contribution in [1.29, 1.82) is 0 Å². The number of carbonyl (C=O) groups is 2. The highest BCUT2D eigenvalue weighted by molar-refractivity contribution is 6.34. The lowest BCUT2D eigenvalue weighted by molar-refractivity contribution is -0.384. The van der Waals surface area contributed by atoms with Crippen LogP contribution in [0.15, 0.2) is 36.4 Å². The maximum absolute atomic E-state index is 12.5. The molecule has 0 saturated carbocycles. The number of nitrogens with zero attached hydrogens (tertiary/aromatic N) is 2. The van der Waals surface area contributed by atoms with E-state index in [2.05, 4.69) is 5.32 Å². The van der Waals surface area contributed by atoms with Gasteiger partial charge in [-0.2, -0.15) is 0 Å². The number of hydrogen-bond acceptors (Lipinski definition) is 4. The molecule has 2 amide bonds. The summed E-state index contributed by atoms with van der Waals surface area (Å²) >= 11 is 6.17. The van der Waals surface area contributed by atoms with E-state index in [-0.39, 0.29) is 11.6 Å². The molecule has 0 bridgehead atoms. The monoisotopic (exact) mass is 373 g/mol. The quantitative estimate of drug-likeness (QED) is 0.649. The second-order valence-corrected chi connectivity index (χ2v) is 6.43. The van der Waals surface area contributed by atoms with Crippen molar-refractivity contribution >= 4 is 40.5 Å². The van der Waals surface area contributed by atoms with Crippen LogP contribution >= 0.6 is 11.6 Å². The second-order valence-electron chi connectivity index (χ2n) is 6.02. The van der Waals surface area contributed by atoms with E-state index in [4.69, 9.17) is 11.6 Å². The van der Waals surface area contributed by atoms with Crippen molar-refractivity contribution in [2.24, 2.45) is 0 Å². The molecule has 0 aromatic heterocycles. The van der Waals surface area contributed by atoms with Crippen LogP contribution in [0.1, 0.15) is 28.8 Å². The van der Waals surface area contributed by atoms with E-state index in [1.807, 2.05) is 0 Å². The minimum Gasteiger partial charge on any atom is -0.321 e. The normalized spacial score (nSPS) is 13.8. The van der Waals surface area contributed by atoms with Gasteiger partial charge in [0.25, 0.3) is 11.6 Å². The Labute approximate surface area is 154 Å². The Morgan fingerprint density at radius 2 is 2.04 bits per heavy atom. The molecule has 1 fully saturated rings. The molecule has 1 N–H and O–H groups in total. The summed E-state index contributed by atoms with van der Waals surface area (Å²) in [7, 11) is 0. The van der Waals surface area contributed by atoms with Gasteiger partial charge in [-0.1, -0.05) is 11.6 Å². The summed E-state index contributed by atoms with van der Waals surface area (Å²) in [4.78, 5) is 36.4. The number of nitro benzene ring substituents is 1. The molecule has 2 aromatic rings. The van der Waals surface area contributed by atoms with Gasteiger partial charge in [-0.25, -0.2) is 0 Å². The summed E-state index contributed by atoms with van der Waals surface area (Å²) < 4.78 is 0. The predicted octanol–water partition coefficient (Wildman–Crippen LogP) is 3.94. The van der Waals surface area contributed by atoms with E-state index >= 15 is 0 Å². The van der Waals surface area contributed by atoms with Crippen molar-refractivity contribution in [3.63, 3.8) is 0 Å². The Morgan fingerprint density at radius 3 is 2.65 bits per heavy atom. The van der Waals surface area contributed by atoms with E-state index in [0.717, 1.165) is 6.42 Å². The second kappa shape index (κ2) is 7.13. The molecule has 2 aromatic carbocycles. The van der Waals surface area contributed by atoms with Gasteiger partial charge in [0.15, 0.2) is 0 Å². The number of non-ortho nitro benzene ring substituents is 1. The zero-order valence-electron chi connectivity index (χ0n) is 14.0. The summed E-state index contributed by atoms with van der Waals surface area (Å²) in [6, 6.07) is 9.05. The summed E-state index contributed by atoms with van der Waals surface area (Å²) in [5, 5.41) is 13.9. The number of amides is 2. The summed E-state index contributed by atoms with van der Waals surface area (Å²) in [5.41, 5.74) is 1.78. The summed E-state index contributed by atoms with van der Waals surface area (Å²) in [6.45, 7) is 2.26. The summed E-state index contributed by atoms with van der Waals surface area (Å²) in [5.74, 6) is -0.389. The largest absolute Gasteiger partial charge is 0.321 e. The molecule has 0 unspecified atom stereocenters. The van der Waals surface area contributed by atoms with Gasteiger partial charge in [0.05, 0.1) is 15.6 Å². The highest BCUT2D eigenvalue weighted by Gasteiger charge is 2.23. The average molecular weight is 374 g/mol. The van der Waals surface area contributed by atoms with Crippen molar-refractivity contribution in [3.05, 3.63) is 62.7 Å². The fourth-order valence-electron chi connectivity index (χ4n) is 2.90. The molecule has 1 saturated heterocycles. The fourth-order valence-corrected chi connectivity index (χ4v) is 3.07. The zero-order valence-corrected chi connectivity index (χ0v) is 14.7. The Balaban J connectivity index is 1.85. The molecule has 26 heavy (non-hydrogen) atoms. The van der Waals surface area contributed by atoms with Crippen molar-refractivity contribution in [1.82, 2.24) is 0 Å². The average Bonchev–Trinajstić information content (AvgIpc) is 3.02. The predicted molar refractivity (Wildman–Crippen MR) is 98.8 cm³/mol. The number of carbonyl (C=O) groups excluding carboxylic acids is 2. The van der Waals surface area contributed by atoms with Gasteiger partial charge in [-0.3, -0.25) is 19.7 Å². The molecule has 8 heteroatoms. The van der Waals surface area contributed by atoms with E-state index in [1.54, 1.807) is 30.0 Å². The van der Waals surface area contributed by atoms with Crippen LogP contribution in [0, 0.1) is 17.0 Å². The molecule has 0 aliphatic carbocycles. The van der Waals surface area contributed by atoms with Crippen LogP contribution in [-0.4, -0.2) is 23.3 Å². The van der Waals surface area contributed by atoms with Gasteiger partial charge in [-0.15, -0.1) is 0 Å². The number of aryl methyl sites for hydroxylation is 1. The summed E-state index contributed by atoms with van der Waals surface area (Å²) in [6.07, 6.45) is 1.30. The lowest BCUT2D eigenvalue weighted by atomic mass is 10.1. The molecule has 1 heterocycles. The Kier molecular flexibility index (Phi) is 4.90. The van der Waals surface area contributed by atoms with Gasteiger partial charge in [-0.05, 0) is 43.2 Å². The highest BCUT2D eigenvalue weighted by Crippen LogP contribution is 2.30. The van der Waals surface area contributed by atoms with Crippen LogP contribution in [-0.2, 0) is 4.79 Å². The van der Waals surface area contributed by atoms with Crippen LogP contribution in [0.25, 0.3) is 0 Å². The standard InChI is InChI=1S/C18H16ClN3O4/c1-11-9-13(22(25)26)4-6-14(11)18(24)20-16-10-12(5-7-15(16)19)21-8-2-3-17(21)23/h4-7,9-10H,2-3,8H2,1H3,(H,20,24). The first kappa shape index (κ1) is 17.9. The minimum atomic E-state index is -0.512. The first-order valence-corrected chi connectivity index (χ1v) is 8.41. The van der Waals surface area contributed by atoms with Crippen molar-refractivity contribution in [3.8, 4) is 0 Å². The molecular formula is C18H16ClN3O4. The third-order valence-electron chi connectivity index (χ3n) is 4.25. The van der Waals surface area contributed by atoms with Crippen molar-refractivity contribution in [2.45, 2.75) is 19.8 Å². The van der Waals surface area contributed by atoms with Crippen LogP contribution in [0.4, 0.5) is 17.1 Å². The maximum Gasteiger partial charge on any atom is 0.269 e. The topological polar surface area (TPSA) is 92.5 Å². The Morgan fingerprint density at radius 1 is 1.27 bits per heavy atom. The van der Waals surface area contributed by atoms with Crippen LogP contribution in [0.5, 0.6) is 0 Å². The smallest absolute Gasteiger partial charge is 0.269 e. The third-order valence-corrected chi connectivity index (χ3v) is 4.58. The van der Waals surface area contributed by atoms with Gasteiger partial charge in [0.2, 0.25) is 5.91 Å². The number of nitro groups is 1. The number of benzene rings is 2. The number of halogens is 1. The third kappa shape index (κ3) is 3.52. The maximum atomic E-state index is 12.5. The highest BCUT2D eigenvalue weighted by atomic mass is 35.5.